The number of urea groups is 1. The summed E-state index contributed by atoms with van der Waals surface area (Å²) in [6, 6.07) is -1.32. The Balaban J connectivity index is 2.31. The summed E-state index contributed by atoms with van der Waals surface area (Å²) in [7, 11) is 1.82. The van der Waals surface area contributed by atoms with E-state index in [2.05, 4.69) is 20.8 Å². The Hall–Kier alpha value is -2.12. The molecule has 1 heterocycles. The summed E-state index contributed by atoms with van der Waals surface area (Å²) in [4.78, 5) is 22.6. The van der Waals surface area contributed by atoms with Crippen LogP contribution in [0.15, 0.2) is 6.33 Å². The van der Waals surface area contributed by atoms with Crippen molar-refractivity contribution in [3.8, 4) is 0 Å². The SMILES string of the molecule is CCCCC(NC(=O)NCCc1nncn1C)C(=O)O. The van der Waals surface area contributed by atoms with E-state index in [4.69, 9.17) is 5.11 Å². The number of amides is 2. The minimum absolute atomic E-state index is 0.373. The van der Waals surface area contributed by atoms with Crippen LogP contribution in [0.3, 0.4) is 0 Å². The second kappa shape index (κ2) is 8.13. The molecule has 0 radical (unpaired) electrons. The summed E-state index contributed by atoms with van der Waals surface area (Å²) in [5, 5.41) is 21.7. The van der Waals surface area contributed by atoms with Crippen molar-refractivity contribution in [1.82, 2.24) is 25.4 Å². The number of aliphatic carboxylic acids is 1. The maximum Gasteiger partial charge on any atom is 0.326 e. The van der Waals surface area contributed by atoms with E-state index in [1.807, 2.05) is 14.0 Å². The standard InChI is InChI=1S/C12H21N5O3/c1-3-4-5-9(11(18)19)15-12(20)13-7-6-10-16-14-8-17(10)2/h8-9H,3-7H2,1-2H3,(H,18,19)(H2,13,15,20). The van der Waals surface area contributed by atoms with Crippen LogP contribution in [0.25, 0.3) is 0 Å². The highest BCUT2D eigenvalue weighted by molar-refractivity contribution is 5.82. The van der Waals surface area contributed by atoms with Gasteiger partial charge in [-0.3, -0.25) is 0 Å². The molecule has 1 atom stereocenters. The first-order chi connectivity index (χ1) is 9.54. The molecule has 1 unspecified atom stereocenters. The molecule has 112 valence electrons. The van der Waals surface area contributed by atoms with Crippen LogP contribution in [0.4, 0.5) is 4.79 Å². The second-order valence-electron chi connectivity index (χ2n) is 4.54. The minimum atomic E-state index is -1.01. The van der Waals surface area contributed by atoms with Crippen molar-refractivity contribution in [3.05, 3.63) is 12.2 Å². The smallest absolute Gasteiger partial charge is 0.326 e. The molecule has 3 N–H and O–H groups in total. The number of aromatic nitrogens is 3. The molecular weight excluding hydrogens is 262 g/mol. The normalized spacial score (nSPS) is 11.9. The van der Waals surface area contributed by atoms with Gasteiger partial charge in [-0.25, -0.2) is 9.59 Å². The molecule has 0 aliphatic rings. The third kappa shape index (κ3) is 5.25. The first-order valence-corrected chi connectivity index (χ1v) is 6.64. The third-order valence-corrected chi connectivity index (χ3v) is 2.89. The van der Waals surface area contributed by atoms with Crippen LogP contribution in [0.5, 0.6) is 0 Å². The fourth-order valence-electron chi connectivity index (χ4n) is 1.70. The lowest BCUT2D eigenvalue weighted by molar-refractivity contribution is -0.139. The van der Waals surface area contributed by atoms with Crippen molar-refractivity contribution in [3.63, 3.8) is 0 Å². The molecule has 0 fully saturated rings. The lowest BCUT2D eigenvalue weighted by Crippen LogP contribution is -2.46. The Morgan fingerprint density at radius 1 is 1.50 bits per heavy atom. The molecule has 0 spiro atoms. The molecule has 0 bridgehead atoms. The van der Waals surface area contributed by atoms with Gasteiger partial charge in [0.1, 0.15) is 18.2 Å². The Labute approximate surface area is 117 Å². The van der Waals surface area contributed by atoms with Gasteiger partial charge in [0, 0.05) is 20.0 Å². The Bertz CT molecular complexity index is 446. The van der Waals surface area contributed by atoms with Crippen molar-refractivity contribution in [2.45, 2.75) is 38.6 Å². The van der Waals surface area contributed by atoms with Crippen LogP contribution < -0.4 is 10.6 Å². The number of hydrogen-bond donors (Lipinski definition) is 3. The second-order valence-corrected chi connectivity index (χ2v) is 4.54. The van der Waals surface area contributed by atoms with Crippen LogP contribution in [-0.2, 0) is 18.3 Å². The summed E-state index contributed by atoms with van der Waals surface area (Å²) >= 11 is 0. The van der Waals surface area contributed by atoms with E-state index in [0.29, 0.717) is 19.4 Å². The lowest BCUT2D eigenvalue weighted by Gasteiger charge is -2.14. The van der Waals surface area contributed by atoms with Crippen LogP contribution in [-0.4, -0.2) is 44.5 Å². The van der Waals surface area contributed by atoms with Gasteiger partial charge in [-0.2, -0.15) is 0 Å². The van der Waals surface area contributed by atoms with Gasteiger partial charge in [0.05, 0.1) is 0 Å². The Kier molecular flexibility index (Phi) is 6.48. The highest BCUT2D eigenvalue weighted by Crippen LogP contribution is 2.00. The molecule has 0 aromatic carbocycles. The number of nitrogens with one attached hydrogen (secondary N) is 2. The Morgan fingerprint density at radius 3 is 2.80 bits per heavy atom. The zero-order valence-electron chi connectivity index (χ0n) is 11.8. The molecule has 20 heavy (non-hydrogen) atoms. The number of nitrogens with zero attached hydrogens (tertiary/aromatic N) is 3. The van der Waals surface area contributed by atoms with Gasteiger partial charge in [-0.15, -0.1) is 10.2 Å². The fourth-order valence-corrected chi connectivity index (χ4v) is 1.70. The van der Waals surface area contributed by atoms with Gasteiger partial charge in [0.25, 0.3) is 0 Å². The van der Waals surface area contributed by atoms with Crippen molar-refractivity contribution in [1.29, 1.82) is 0 Å². The lowest BCUT2D eigenvalue weighted by atomic mass is 10.1. The zero-order valence-corrected chi connectivity index (χ0v) is 11.8. The maximum absolute atomic E-state index is 11.6. The summed E-state index contributed by atoms with van der Waals surface area (Å²) in [5.74, 6) is -0.257. The van der Waals surface area contributed by atoms with Gasteiger partial charge in [0.2, 0.25) is 0 Å². The van der Waals surface area contributed by atoms with Crippen molar-refractivity contribution >= 4 is 12.0 Å². The highest BCUT2D eigenvalue weighted by Gasteiger charge is 2.18. The van der Waals surface area contributed by atoms with Crippen LogP contribution >= 0.6 is 0 Å². The molecule has 2 amide bonds. The molecule has 1 rings (SSSR count). The monoisotopic (exact) mass is 283 g/mol. The summed E-state index contributed by atoms with van der Waals surface area (Å²) in [6.45, 7) is 2.35. The average Bonchev–Trinajstić information content (AvgIpc) is 2.80. The average molecular weight is 283 g/mol. The summed E-state index contributed by atoms with van der Waals surface area (Å²) in [5.41, 5.74) is 0. The van der Waals surface area contributed by atoms with Gasteiger partial charge in [0.15, 0.2) is 0 Å². The molecule has 1 aromatic heterocycles. The van der Waals surface area contributed by atoms with Gasteiger partial charge in [-0.1, -0.05) is 19.8 Å². The van der Waals surface area contributed by atoms with Gasteiger partial charge < -0.3 is 20.3 Å². The number of carboxylic acid groups (broad SMARTS) is 1. The molecule has 0 saturated heterocycles. The number of unbranched alkanes of at least 4 members (excludes halogenated alkanes) is 1. The number of carbonyl (C=O) groups excluding carboxylic acids is 1. The van der Waals surface area contributed by atoms with E-state index in [1.54, 1.807) is 10.9 Å². The van der Waals surface area contributed by atoms with Crippen LogP contribution in [0.2, 0.25) is 0 Å². The molecule has 8 nitrogen and oxygen atoms in total. The van der Waals surface area contributed by atoms with Crippen molar-refractivity contribution in [2.75, 3.05) is 6.54 Å². The number of aryl methyl sites for hydroxylation is 1. The molecule has 0 aliphatic heterocycles. The molecule has 8 heteroatoms. The van der Waals surface area contributed by atoms with E-state index in [-0.39, 0.29) is 0 Å². The van der Waals surface area contributed by atoms with E-state index in [9.17, 15) is 9.59 Å². The first-order valence-electron chi connectivity index (χ1n) is 6.64. The fraction of sp³-hybridized carbons (Fsp3) is 0.667. The van der Waals surface area contributed by atoms with Gasteiger partial charge in [-0.05, 0) is 6.42 Å². The molecule has 0 saturated carbocycles. The number of rotatable bonds is 8. The van der Waals surface area contributed by atoms with E-state index < -0.39 is 18.0 Å². The molecule has 0 aliphatic carbocycles. The van der Waals surface area contributed by atoms with Crippen LogP contribution in [0.1, 0.15) is 32.0 Å². The summed E-state index contributed by atoms with van der Waals surface area (Å²) < 4.78 is 1.76. The number of carbonyl (C=O) groups is 2. The predicted octanol–water partition coefficient (Wildman–Crippen LogP) is 0.300. The highest BCUT2D eigenvalue weighted by atomic mass is 16.4. The molecule has 1 aromatic rings. The maximum atomic E-state index is 11.6. The number of hydrogen-bond acceptors (Lipinski definition) is 4. The van der Waals surface area contributed by atoms with Crippen molar-refractivity contribution < 1.29 is 14.7 Å². The quantitative estimate of drug-likeness (QED) is 0.635. The van der Waals surface area contributed by atoms with Crippen molar-refractivity contribution in [2.24, 2.45) is 7.05 Å². The first kappa shape index (κ1) is 15.9. The van der Waals surface area contributed by atoms with E-state index >= 15 is 0 Å². The largest absolute Gasteiger partial charge is 0.480 e. The predicted molar refractivity (Wildman–Crippen MR) is 72.2 cm³/mol. The molecular formula is C12H21N5O3. The van der Waals surface area contributed by atoms with Crippen LogP contribution in [0, 0.1) is 0 Å². The van der Waals surface area contributed by atoms with E-state index in [1.165, 1.54) is 0 Å². The Morgan fingerprint density at radius 2 is 2.25 bits per heavy atom. The van der Waals surface area contributed by atoms with E-state index in [0.717, 1.165) is 18.7 Å². The van der Waals surface area contributed by atoms with Gasteiger partial charge >= 0.3 is 12.0 Å². The number of carboxylic acids is 1. The topological polar surface area (TPSA) is 109 Å². The third-order valence-electron chi connectivity index (χ3n) is 2.89. The zero-order chi connectivity index (χ0) is 15.0. The minimum Gasteiger partial charge on any atom is -0.480 e. The summed E-state index contributed by atoms with van der Waals surface area (Å²) in [6.07, 6.45) is 4.20.